The number of carbonyl (C=O) groups excluding carboxylic acids is 1. The van der Waals surface area contributed by atoms with Gasteiger partial charge in [-0.2, -0.15) is 0 Å². The number of benzene rings is 1. The van der Waals surface area contributed by atoms with E-state index in [0.717, 1.165) is 19.4 Å². The fourth-order valence-corrected chi connectivity index (χ4v) is 1.48. The summed E-state index contributed by atoms with van der Waals surface area (Å²) in [7, 11) is 1.11. The lowest BCUT2D eigenvalue weighted by atomic mass is 10.1. The molecule has 0 saturated carbocycles. The Morgan fingerprint density at radius 1 is 1.24 bits per heavy atom. The number of aromatic nitrogens is 1. The van der Waals surface area contributed by atoms with Crippen LogP contribution in [-0.4, -0.2) is 18.1 Å². The van der Waals surface area contributed by atoms with Crippen molar-refractivity contribution in [1.29, 1.82) is 0 Å². The monoisotopic (exact) mass is 241 g/mol. The highest BCUT2D eigenvalue weighted by Crippen LogP contribution is 2.24. The fourth-order valence-electron chi connectivity index (χ4n) is 1.48. The highest BCUT2D eigenvalue weighted by Gasteiger charge is 2.19. The summed E-state index contributed by atoms with van der Waals surface area (Å²) in [5, 5.41) is -0.352. The van der Waals surface area contributed by atoms with Crippen molar-refractivity contribution >= 4 is 16.7 Å². The average Bonchev–Trinajstić information content (AvgIpc) is 2.34. The van der Waals surface area contributed by atoms with E-state index in [1.165, 1.54) is 0 Å². The van der Waals surface area contributed by atoms with E-state index < -0.39 is 23.4 Å². The van der Waals surface area contributed by atoms with Crippen molar-refractivity contribution in [2.75, 3.05) is 7.11 Å². The lowest BCUT2D eigenvalue weighted by Crippen LogP contribution is -2.06. The largest absolute Gasteiger partial charge is 0.464 e. The minimum atomic E-state index is -1.58. The summed E-state index contributed by atoms with van der Waals surface area (Å²) in [4.78, 5) is 15.0. The zero-order valence-corrected chi connectivity index (χ0v) is 8.63. The first-order valence-electron chi connectivity index (χ1n) is 4.56. The number of hydrogen-bond acceptors (Lipinski definition) is 3. The molecule has 1 aromatic carbocycles. The summed E-state index contributed by atoms with van der Waals surface area (Å²) in [6.45, 7) is 0. The van der Waals surface area contributed by atoms with Crippen molar-refractivity contribution in [3.05, 3.63) is 41.5 Å². The standard InChI is InChI=1S/C11H6F3NO2/c1-17-11(16)10-6-4-7(12)9(14)8(13)5(6)2-3-15-10/h2-4H,1H3. The van der Waals surface area contributed by atoms with E-state index in [1.54, 1.807) is 0 Å². The average molecular weight is 241 g/mol. The Kier molecular flexibility index (Phi) is 2.71. The molecule has 1 heterocycles. The van der Waals surface area contributed by atoms with Crippen LogP contribution < -0.4 is 0 Å². The van der Waals surface area contributed by atoms with Crippen LogP contribution in [0.2, 0.25) is 0 Å². The van der Waals surface area contributed by atoms with Crippen LogP contribution in [0.25, 0.3) is 10.8 Å². The quantitative estimate of drug-likeness (QED) is 0.568. The second-order valence-electron chi connectivity index (χ2n) is 3.23. The lowest BCUT2D eigenvalue weighted by molar-refractivity contribution is 0.0596. The predicted molar refractivity (Wildman–Crippen MR) is 53.0 cm³/mol. The van der Waals surface area contributed by atoms with Gasteiger partial charge in [-0.1, -0.05) is 0 Å². The van der Waals surface area contributed by atoms with Crippen LogP contribution in [-0.2, 0) is 4.74 Å². The number of esters is 1. The highest BCUT2D eigenvalue weighted by molar-refractivity contribution is 6.02. The van der Waals surface area contributed by atoms with E-state index in [2.05, 4.69) is 9.72 Å². The van der Waals surface area contributed by atoms with E-state index in [1.807, 2.05) is 0 Å². The van der Waals surface area contributed by atoms with Crippen molar-refractivity contribution in [3.63, 3.8) is 0 Å². The Morgan fingerprint density at radius 2 is 1.94 bits per heavy atom. The molecular formula is C11H6F3NO2. The number of carbonyl (C=O) groups is 1. The molecule has 2 rings (SSSR count). The molecule has 0 amide bonds. The zero-order valence-electron chi connectivity index (χ0n) is 8.63. The second kappa shape index (κ2) is 4.04. The van der Waals surface area contributed by atoms with E-state index in [-0.39, 0.29) is 16.5 Å². The number of methoxy groups -OCH3 is 1. The van der Waals surface area contributed by atoms with Crippen molar-refractivity contribution in [3.8, 4) is 0 Å². The molecule has 6 heteroatoms. The number of fused-ring (bicyclic) bond motifs is 1. The Morgan fingerprint density at radius 3 is 2.59 bits per heavy atom. The topological polar surface area (TPSA) is 39.2 Å². The normalized spacial score (nSPS) is 10.6. The van der Waals surface area contributed by atoms with Gasteiger partial charge in [-0.15, -0.1) is 0 Å². The van der Waals surface area contributed by atoms with Gasteiger partial charge < -0.3 is 4.74 Å². The van der Waals surface area contributed by atoms with Gasteiger partial charge in [0, 0.05) is 17.0 Å². The molecule has 17 heavy (non-hydrogen) atoms. The molecule has 0 spiro atoms. The molecule has 0 aliphatic heterocycles. The van der Waals surface area contributed by atoms with Gasteiger partial charge in [0.15, 0.2) is 23.1 Å². The SMILES string of the molecule is COC(=O)c1nccc2c(F)c(F)c(F)cc12. The lowest BCUT2D eigenvalue weighted by Gasteiger charge is -2.05. The molecule has 88 valence electrons. The molecule has 0 N–H and O–H groups in total. The van der Waals surface area contributed by atoms with E-state index in [4.69, 9.17) is 0 Å². The van der Waals surface area contributed by atoms with Gasteiger partial charge in [-0.25, -0.2) is 22.9 Å². The summed E-state index contributed by atoms with van der Waals surface area (Å²) >= 11 is 0. The second-order valence-corrected chi connectivity index (χ2v) is 3.23. The van der Waals surface area contributed by atoms with Crippen LogP contribution in [0.1, 0.15) is 10.5 Å². The van der Waals surface area contributed by atoms with Crippen LogP contribution in [0.3, 0.4) is 0 Å². The summed E-state index contributed by atoms with van der Waals surface area (Å²) in [5.41, 5.74) is -0.261. The number of rotatable bonds is 1. The van der Waals surface area contributed by atoms with Gasteiger partial charge in [0.2, 0.25) is 0 Å². The Bertz CT molecular complexity index is 613. The summed E-state index contributed by atoms with van der Waals surface area (Å²) in [6, 6.07) is 1.87. The smallest absolute Gasteiger partial charge is 0.357 e. The molecule has 0 radical (unpaired) electrons. The maximum absolute atomic E-state index is 13.4. The van der Waals surface area contributed by atoms with Gasteiger partial charge in [0.05, 0.1) is 7.11 Å². The minimum absolute atomic E-state index is 0.129. The van der Waals surface area contributed by atoms with Crippen molar-refractivity contribution in [1.82, 2.24) is 4.98 Å². The van der Waals surface area contributed by atoms with Crippen molar-refractivity contribution in [2.24, 2.45) is 0 Å². The summed E-state index contributed by atoms with van der Waals surface area (Å²) in [6.07, 6.45) is 1.12. The first-order chi connectivity index (χ1) is 8.06. The van der Waals surface area contributed by atoms with Gasteiger partial charge in [0.25, 0.3) is 0 Å². The third kappa shape index (κ3) is 1.71. The molecule has 0 aliphatic rings. The van der Waals surface area contributed by atoms with Crippen LogP contribution >= 0.6 is 0 Å². The molecule has 1 aromatic heterocycles. The molecule has 3 nitrogen and oxygen atoms in total. The Balaban J connectivity index is 2.86. The van der Waals surface area contributed by atoms with Gasteiger partial charge >= 0.3 is 5.97 Å². The van der Waals surface area contributed by atoms with E-state index in [0.29, 0.717) is 6.07 Å². The number of pyridine rings is 1. The molecule has 0 unspecified atom stereocenters. The number of nitrogens with zero attached hydrogens (tertiary/aromatic N) is 1. The number of halogens is 3. The van der Waals surface area contributed by atoms with Gasteiger partial charge in [0.1, 0.15) is 0 Å². The molecule has 2 aromatic rings. The number of ether oxygens (including phenoxy) is 1. The van der Waals surface area contributed by atoms with Crippen LogP contribution in [0.5, 0.6) is 0 Å². The maximum Gasteiger partial charge on any atom is 0.357 e. The molecular weight excluding hydrogens is 235 g/mol. The predicted octanol–water partition coefficient (Wildman–Crippen LogP) is 2.44. The third-order valence-electron chi connectivity index (χ3n) is 2.28. The maximum atomic E-state index is 13.4. The molecule has 0 bridgehead atoms. The molecule has 0 atom stereocenters. The van der Waals surface area contributed by atoms with Crippen LogP contribution in [0.15, 0.2) is 18.3 Å². The molecule has 0 aliphatic carbocycles. The van der Waals surface area contributed by atoms with Crippen LogP contribution in [0.4, 0.5) is 13.2 Å². The van der Waals surface area contributed by atoms with Crippen molar-refractivity contribution < 1.29 is 22.7 Å². The highest BCUT2D eigenvalue weighted by atomic mass is 19.2. The molecule has 0 fully saturated rings. The van der Waals surface area contributed by atoms with E-state index in [9.17, 15) is 18.0 Å². The van der Waals surface area contributed by atoms with Crippen LogP contribution in [0, 0.1) is 17.5 Å². The fraction of sp³-hybridized carbons (Fsp3) is 0.0909. The molecule has 0 saturated heterocycles. The number of hydrogen-bond donors (Lipinski definition) is 0. The van der Waals surface area contributed by atoms with Crippen molar-refractivity contribution in [2.45, 2.75) is 0 Å². The van der Waals surface area contributed by atoms with Gasteiger partial charge in [-0.3, -0.25) is 0 Å². The Labute approximate surface area is 93.8 Å². The summed E-state index contributed by atoms with van der Waals surface area (Å²) < 4.78 is 43.9. The third-order valence-corrected chi connectivity index (χ3v) is 2.28. The first kappa shape index (κ1) is 11.4. The Hall–Kier alpha value is -2.11. The minimum Gasteiger partial charge on any atom is -0.464 e. The first-order valence-corrected chi connectivity index (χ1v) is 4.56. The van der Waals surface area contributed by atoms with Gasteiger partial charge in [-0.05, 0) is 12.1 Å². The van der Waals surface area contributed by atoms with E-state index >= 15 is 0 Å². The summed E-state index contributed by atoms with van der Waals surface area (Å²) in [5.74, 6) is -5.17. The zero-order chi connectivity index (χ0) is 12.6.